The van der Waals surface area contributed by atoms with Crippen LogP contribution in [0.2, 0.25) is 0 Å². The number of hydrogen-bond acceptors (Lipinski definition) is 4. The fourth-order valence-electron chi connectivity index (χ4n) is 1.90. The topological polar surface area (TPSA) is 61.9 Å². The second kappa shape index (κ2) is 5.53. The van der Waals surface area contributed by atoms with Crippen molar-refractivity contribution in [2.24, 2.45) is 0 Å². The lowest BCUT2D eigenvalue weighted by Gasteiger charge is -2.32. The summed E-state index contributed by atoms with van der Waals surface area (Å²) in [6.07, 6.45) is 1.84. The summed E-state index contributed by atoms with van der Waals surface area (Å²) >= 11 is 1.89. The third-order valence-corrected chi connectivity index (χ3v) is 4.03. The van der Waals surface area contributed by atoms with Gasteiger partial charge in [0.25, 0.3) is 5.91 Å². The first-order chi connectivity index (χ1) is 8.22. The van der Waals surface area contributed by atoms with Gasteiger partial charge in [0.2, 0.25) is 5.82 Å². The van der Waals surface area contributed by atoms with Crippen molar-refractivity contribution < 1.29 is 4.79 Å². The molecule has 5 nitrogen and oxygen atoms in total. The normalized spacial score (nSPS) is 20.6. The second-order valence-corrected chi connectivity index (χ2v) is 5.43. The fourth-order valence-corrected chi connectivity index (χ4v) is 2.91. The number of hydrogen-bond donors (Lipinski definition) is 1. The van der Waals surface area contributed by atoms with Crippen molar-refractivity contribution in [3.63, 3.8) is 0 Å². The van der Waals surface area contributed by atoms with Crippen LogP contribution in [0, 0.1) is 0 Å². The predicted octanol–water partition coefficient (Wildman–Crippen LogP) is 1.33. The number of rotatable bonds is 3. The number of thioether (sulfide) groups is 1. The van der Waals surface area contributed by atoms with Crippen molar-refractivity contribution in [2.75, 3.05) is 18.1 Å². The van der Waals surface area contributed by atoms with Gasteiger partial charge in [-0.2, -0.15) is 11.8 Å². The molecular formula is C11H18N4OS. The van der Waals surface area contributed by atoms with Crippen LogP contribution in [0.15, 0.2) is 0 Å². The molecular weight excluding hydrogens is 236 g/mol. The molecule has 17 heavy (non-hydrogen) atoms. The highest BCUT2D eigenvalue weighted by Gasteiger charge is 2.27. The van der Waals surface area contributed by atoms with Gasteiger partial charge >= 0.3 is 0 Å². The first kappa shape index (κ1) is 12.4. The summed E-state index contributed by atoms with van der Waals surface area (Å²) in [6.45, 7) is 4.94. The lowest BCUT2D eigenvalue weighted by molar-refractivity contribution is 0.0704. The molecule has 1 aromatic heterocycles. The molecule has 2 heterocycles. The number of nitrogens with one attached hydrogen (secondary N) is 1. The lowest BCUT2D eigenvalue weighted by atomic mass is 10.3. The highest BCUT2D eigenvalue weighted by Crippen LogP contribution is 2.17. The maximum absolute atomic E-state index is 12.2. The van der Waals surface area contributed by atoms with Crippen molar-refractivity contribution >= 4 is 17.7 Å². The van der Waals surface area contributed by atoms with Gasteiger partial charge in [-0.15, -0.1) is 5.10 Å². The minimum atomic E-state index is -0.0450. The average Bonchev–Trinajstić information content (AvgIpc) is 2.78. The quantitative estimate of drug-likeness (QED) is 0.884. The summed E-state index contributed by atoms with van der Waals surface area (Å²) in [4.78, 5) is 18.3. The summed E-state index contributed by atoms with van der Waals surface area (Å²) < 4.78 is 0. The first-order valence-electron chi connectivity index (χ1n) is 6.02. The van der Waals surface area contributed by atoms with Crippen molar-refractivity contribution in [2.45, 2.75) is 32.7 Å². The molecule has 0 aromatic carbocycles. The van der Waals surface area contributed by atoms with Crippen LogP contribution in [0.3, 0.4) is 0 Å². The number of aromatic nitrogens is 3. The molecule has 1 atom stereocenters. The van der Waals surface area contributed by atoms with Gasteiger partial charge in [-0.25, -0.2) is 4.98 Å². The molecule has 0 radical (unpaired) electrons. The Bertz CT molecular complexity index is 393. The third-order valence-electron chi connectivity index (χ3n) is 2.84. The molecule has 1 unspecified atom stereocenters. The zero-order valence-corrected chi connectivity index (χ0v) is 11.1. The lowest BCUT2D eigenvalue weighted by Crippen LogP contribution is -2.44. The third kappa shape index (κ3) is 2.80. The number of amides is 1. The van der Waals surface area contributed by atoms with Crippen molar-refractivity contribution in [3.05, 3.63) is 11.6 Å². The Morgan fingerprint density at radius 2 is 2.47 bits per heavy atom. The minimum absolute atomic E-state index is 0.0450. The van der Waals surface area contributed by atoms with Crippen LogP contribution >= 0.6 is 11.8 Å². The number of aryl methyl sites for hydroxylation is 1. The Kier molecular flexibility index (Phi) is 4.04. The maximum Gasteiger partial charge on any atom is 0.293 e. The molecule has 1 amide bonds. The van der Waals surface area contributed by atoms with E-state index in [9.17, 15) is 4.79 Å². The second-order valence-electron chi connectivity index (χ2n) is 4.28. The standard InChI is InChI=1S/C11H18N4OS/c1-3-4-9-12-10(14-13-9)11(16)15-5-6-17-7-8(15)2/h8H,3-7H2,1-2H3,(H,12,13,14). The molecule has 1 aliphatic rings. The van der Waals surface area contributed by atoms with E-state index in [4.69, 9.17) is 0 Å². The van der Waals surface area contributed by atoms with Gasteiger partial charge < -0.3 is 4.90 Å². The predicted molar refractivity (Wildman–Crippen MR) is 68.2 cm³/mol. The molecule has 0 aliphatic carbocycles. The largest absolute Gasteiger partial charge is 0.332 e. The summed E-state index contributed by atoms with van der Waals surface area (Å²) in [7, 11) is 0. The van der Waals surface area contributed by atoms with Crippen LogP contribution in [0.25, 0.3) is 0 Å². The Morgan fingerprint density at radius 1 is 1.65 bits per heavy atom. The Balaban J connectivity index is 2.07. The van der Waals surface area contributed by atoms with Crippen molar-refractivity contribution in [1.82, 2.24) is 20.1 Å². The van der Waals surface area contributed by atoms with E-state index >= 15 is 0 Å². The van der Waals surface area contributed by atoms with Crippen LogP contribution < -0.4 is 0 Å². The Morgan fingerprint density at radius 3 is 3.18 bits per heavy atom. The fraction of sp³-hybridized carbons (Fsp3) is 0.727. The van der Waals surface area contributed by atoms with E-state index in [0.29, 0.717) is 5.82 Å². The zero-order chi connectivity index (χ0) is 12.3. The van der Waals surface area contributed by atoms with E-state index in [2.05, 4.69) is 29.0 Å². The molecule has 1 fully saturated rings. The highest BCUT2D eigenvalue weighted by atomic mass is 32.2. The zero-order valence-electron chi connectivity index (χ0n) is 10.3. The van der Waals surface area contributed by atoms with Gasteiger partial charge in [-0.3, -0.25) is 9.89 Å². The molecule has 0 saturated carbocycles. The highest BCUT2D eigenvalue weighted by molar-refractivity contribution is 7.99. The molecule has 1 N–H and O–H groups in total. The van der Waals surface area contributed by atoms with Crippen LogP contribution in [0.1, 0.15) is 36.7 Å². The van der Waals surface area contributed by atoms with Gasteiger partial charge in [-0.05, 0) is 13.3 Å². The minimum Gasteiger partial charge on any atom is -0.332 e. The van der Waals surface area contributed by atoms with Gasteiger partial charge in [0.05, 0.1) is 0 Å². The number of nitrogens with zero attached hydrogens (tertiary/aromatic N) is 3. The smallest absolute Gasteiger partial charge is 0.293 e. The van der Waals surface area contributed by atoms with E-state index in [0.717, 1.165) is 36.7 Å². The number of carbonyl (C=O) groups is 1. The molecule has 1 aliphatic heterocycles. The van der Waals surface area contributed by atoms with Gasteiger partial charge in [0.15, 0.2) is 0 Å². The first-order valence-corrected chi connectivity index (χ1v) is 7.17. The van der Waals surface area contributed by atoms with Crippen LogP contribution in [-0.2, 0) is 6.42 Å². The monoisotopic (exact) mass is 254 g/mol. The number of H-pyrrole nitrogens is 1. The maximum atomic E-state index is 12.2. The average molecular weight is 254 g/mol. The number of aromatic amines is 1. The van der Waals surface area contributed by atoms with Gasteiger partial charge in [0, 0.05) is 30.5 Å². The van der Waals surface area contributed by atoms with Crippen LogP contribution in [0.5, 0.6) is 0 Å². The van der Waals surface area contributed by atoms with E-state index in [-0.39, 0.29) is 11.9 Å². The van der Waals surface area contributed by atoms with Crippen LogP contribution in [-0.4, -0.2) is 50.1 Å². The molecule has 1 aromatic rings. The summed E-state index contributed by atoms with van der Waals surface area (Å²) in [6, 6.07) is 0.273. The number of carbonyl (C=O) groups excluding carboxylic acids is 1. The van der Waals surface area contributed by atoms with Gasteiger partial charge in [0.1, 0.15) is 5.82 Å². The van der Waals surface area contributed by atoms with E-state index in [1.165, 1.54) is 0 Å². The molecule has 1 saturated heterocycles. The molecule has 0 spiro atoms. The Hall–Kier alpha value is -1.04. The van der Waals surface area contributed by atoms with E-state index < -0.39 is 0 Å². The van der Waals surface area contributed by atoms with E-state index in [1.54, 1.807) is 0 Å². The summed E-state index contributed by atoms with van der Waals surface area (Å²) in [5, 5.41) is 6.84. The summed E-state index contributed by atoms with van der Waals surface area (Å²) in [5.41, 5.74) is 0. The van der Waals surface area contributed by atoms with E-state index in [1.807, 2.05) is 16.7 Å². The van der Waals surface area contributed by atoms with Gasteiger partial charge in [-0.1, -0.05) is 6.92 Å². The molecule has 6 heteroatoms. The molecule has 0 bridgehead atoms. The molecule has 94 valence electrons. The van der Waals surface area contributed by atoms with Crippen molar-refractivity contribution in [1.29, 1.82) is 0 Å². The SMILES string of the molecule is CCCc1nc(C(=O)N2CCSCC2C)n[nH]1. The Labute approximate surface area is 105 Å². The summed E-state index contributed by atoms with van der Waals surface area (Å²) in [5.74, 6) is 3.07. The van der Waals surface area contributed by atoms with Crippen LogP contribution in [0.4, 0.5) is 0 Å². The van der Waals surface area contributed by atoms with Crippen molar-refractivity contribution in [3.8, 4) is 0 Å². The molecule has 2 rings (SSSR count).